The summed E-state index contributed by atoms with van der Waals surface area (Å²) in [5.74, 6) is -1.84. The Labute approximate surface area is 234 Å². The highest BCUT2D eigenvalue weighted by Gasteiger charge is 2.44. The standard InChI is InChI=1S/C29H37ClN4O5/c1-6-18-10-12-19(13-11-18)25(26(36)33-24-17(2)8-7-9-21(24)30)34(20-14-15-20)27(37)22(16-23(31)35)32-28(38)39-29(3,4)5/h7-13,20,22,25H,6,14-16H2,1-5H3,(H2,31,35)(H,32,38)(H,33,36). The molecular weight excluding hydrogens is 520 g/mol. The van der Waals surface area contributed by atoms with E-state index in [1.165, 1.54) is 4.90 Å². The molecular formula is C29H37ClN4O5. The number of para-hydroxylation sites is 1. The molecule has 0 radical (unpaired) electrons. The van der Waals surface area contributed by atoms with Crippen LogP contribution in [0.1, 0.15) is 69.7 Å². The van der Waals surface area contributed by atoms with Crippen molar-refractivity contribution in [2.24, 2.45) is 5.73 Å². The smallest absolute Gasteiger partial charge is 0.408 e. The van der Waals surface area contributed by atoms with Crippen LogP contribution in [0.5, 0.6) is 0 Å². The van der Waals surface area contributed by atoms with E-state index in [0.29, 0.717) is 29.1 Å². The van der Waals surface area contributed by atoms with Crippen LogP contribution in [0.2, 0.25) is 5.02 Å². The average molecular weight is 557 g/mol. The average Bonchev–Trinajstić information content (AvgIpc) is 3.68. The van der Waals surface area contributed by atoms with Crippen LogP contribution >= 0.6 is 11.6 Å². The van der Waals surface area contributed by atoms with Gasteiger partial charge in [-0.3, -0.25) is 14.4 Å². The molecule has 0 bridgehead atoms. The van der Waals surface area contributed by atoms with Crippen molar-refractivity contribution in [1.82, 2.24) is 10.2 Å². The Bertz CT molecular complexity index is 1200. The Morgan fingerprint density at radius 2 is 1.74 bits per heavy atom. The monoisotopic (exact) mass is 556 g/mol. The van der Waals surface area contributed by atoms with Crippen LogP contribution in [0.4, 0.5) is 10.5 Å². The molecule has 2 aromatic carbocycles. The fourth-order valence-corrected chi connectivity index (χ4v) is 4.53. The molecule has 0 aromatic heterocycles. The minimum atomic E-state index is -1.31. The van der Waals surface area contributed by atoms with Gasteiger partial charge in [0, 0.05) is 6.04 Å². The molecule has 2 unspecified atom stereocenters. The van der Waals surface area contributed by atoms with E-state index in [4.69, 9.17) is 22.1 Å². The molecule has 0 aliphatic heterocycles. The molecule has 1 aliphatic carbocycles. The highest BCUT2D eigenvalue weighted by Crippen LogP contribution is 2.37. The lowest BCUT2D eigenvalue weighted by Crippen LogP contribution is -2.54. The van der Waals surface area contributed by atoms with Gasteiger partial charge in [0.2, 0.25) is 11.8 Å². The third-order valence-corrected chi connectivity index (χ3v) is 6.60. The molecule has 9 nitrogen and oxygen atoms in total. The molecule has 2 atom stereocenters. The Morgan fingerprint density at radius 1 is 1.10 bits per heavy atom. The zero-order valence-corrected chi connectivity index (χ0v) is 23.8. The van der Waals surface area contributed by atoms with Crippen molar-refractivity contribution >= 4 is 41.1 Å². The summed E-state index contributed by atoms with van der Waals surface area (Å²) < 4.78 is 5.31. The predicted molar refractivity (Wildman–Crippen MR) is 150 cm³/mol. The molecule has 4 N–H and O–H groups in total. The summed E-state index contributed by atoms with van der Waals surface area (Å²) in [6, 6.07) is 10.1. The fraction of sp³-hybridized carbons (Fsp3) is 0.448. The van der Waals surface area contributed by atoms with Crippen molar-refractivity contribution in [3.8, 4) is 0 Å². The fourth-order valence-electron chi connectivity index (χ4n) is 4.26. The molecule has 0 heterocycles. The maximum atomic E-state index is 14.0. The molecule has 4 amide bonds. The highest BCUT2D eigenvalue weighted by atomic mass is 35.5. The number of amides is 4. The number of hydrogen-bond acceptors (Lipinski definition) is 5. The Kier molecular flexibility index (Phi) is 9.61. The van der Waals surface area contributed by atoms with Gasteiger partial charge in [-0.05, 0) is 69.7 Å². The van der Waals surface area contributed by atoms with E-state index >= 15 is 0 Å². The third kappa shape index (κ3) is 8.20. The summed E-state index contributed by atoms with van der Waals surface area (Å²) in [4.78, 5) is 53.9. The lowest BCUT2D eigenvalue weighted by molar-refractivity contribution is -0.142. The van der Waals surface area contributed by atoms with E-state index in [1.54, 1.807) is 32.9 Å². The van der Waals surface area contributed by atoms with Gasteiger partial charge in [-0.25, -0.2) is 4.79 Å². The number of hydrogen-bond donors (Lipinski definition) is 3. The van der Waals surface area contributed by atoms with Gasteiger partial charge in [-0.1, -0.05) is 54.9 Å². The molecule has 1 aliphatic rings. The number of rotatable bonds is 10. The first-order valence-corrected chi connectivity index (χ1v) is 13.4. The van der Waals surface area contributed by atoms with Gasteiger partial charge in [0.15, 0.2) is 0 Å². The zero-order valence-electron chi connectivity index (χ0n) is 23.0. The number of nitrogens with one attached hydrogen (secondary N) is 2. The molecule has 3 rings (SSSR count). The summed E-state index contributed by atoms with van der Waals surface area (Å²) in [7, 11) is 0. The number of primary amides is 1. The topological polar surface area (TPSA) is 131 Å². The van der Waals surface area contributed by atoms with Crippen molar-refractivity contribution in [1.29, 1.82) is 0 Å². The molecule has 1 saturated carbocycles. The molecule has 39 heavy (non-hydrogen) atoms. The van der Waals surface area contributed by atoms with Crippen molar-refractivity contribution in [2.75, 3.05) is 5.32 Å². The minimum Gasteiger partial charge on any atom is -0.444 e. The van der Waals surface area contributed by atoms with Gasteiger partial charge in [0.1, 0.15) is 17.7 Å². The third-order valence-electron chi connectivity index (χ3n) is 6.29. The Morgan fingerprint density at radius 3 is 2.26 bits per heavy atom. The van der Waals surface area contributed by atoms with Crippen molar-refractivity contribution in [3.05, 3.63) is 64.2 Å². The first kappa shape index (κ1) is 30.0. The lowest BCUT2D eigenvalue weighted by Gasteiger charge is -2.34. The van der Waals surface area contributed by atoms with E-state index in [0.717, 1.165) is 17.5 Å². The molecule has 0 saturated heterocycles. The van der Waals surface area contributed by atoms with E-state index < -0.39 is 47.9 Å². The van der Waals surface area contributed by atoms with E-state index in [-0.39, 0.29) is 6.04 Å². The van der Waals surface area contributed by atoms with Gasteiger partial charge in [0.05, 0.1) is 17.1 Å². The number of halogens is 1. The lowest BCUT2D eigenvalue weighted by atomic mass is 9.99. The second kappa shape index (κ2) is 12.5. The van der Waals surface area contributed by atoms with E-state index in [1.807, 2.05) is 44.2 Å². The van der Waals surface area contributed by atoms with Crippen LogP contribution in [-0.2, 0) is 25.5 Å². The van der Waals surface area contributed by atoms with Gasteiger partial charge in [-0.15, -0.1) is 0 Å². The number of benzene rings is 2. The van der Waals surface area contributed by atoms with E-state index in [9.17, 15) is 19.2 Å². The molecule has 0 spiro atoms. The first-order chi connectivity index (χ1) is 18.3. The number of anilines is 1. The molecule has 1 fully saturated rings. The van der Waals surface area contributed by atoms with Crippen LogP contribution in [-0.4, -0.2) is 46.4 Å². The second-order valence-corrected chi connectivity index (χ2v) is 11.2. The van der Waals surface area contributed by atoms with Crippen molar-refractivity contribution < 1.29 is 23.9 Å². The van der Waals surface area contributed by atoms with Crippen LogP contribution in [0, 0.1) is 6.92 Å². The predicted octanol–water partition coefficient (Wildman–Crippen LogP) is 4.65. The van der Waals surface area contributed by atoms with Gasteiger partial charge in [0.25, 0.3) is 5.91 Å². The summed E-state index contributed by atoms with van der Waals surface area (Å²) in [5, 5.41) is 5.77. The van der Waals surface area contributed by atoms with Crippen LogP contribution in [0.15, 0.2) is 42.5 Å². The van der Waals surface area contributed by atoms with Crippen molar-refractivity contribution in [3.63, 3.8) is 0 Å². The molecule has 10 heteroatoms. The van der Waals surface area contributed by atoms with Crippen LogP contribution < -0.4 is 16.4 Å². The van der Waals surface area contributed by atoms with Crippen molar-refractivity contribution in [2.45, 2.75) is 84.0 Å². The zero-order chi connectivity index (χ0) is 28.9. The SMILES string of the molecule is CCc1ccc(C(C(=O)Nc2c(C)cccc2Cl)N(C(=O)C(CC(N)=O)NC(=O)OC(C)(C)C)C2CC2)cc1. The summed E-state index contributed by atoms with van der Waals surface area (Å²) >= 11 is 6.39. The van der Waals surface area contributed by atoms with Gasteiger partial charge < -0.3 is 26.0 Å². The van der Waals surface area contributed by atoms with Gasteiger partial charge in [-0.2, -0.15) is 0 Å². The number of carbonyl (C=O) groups excluding carboxylic acids is 4. The number of nitrogens with two attached hydrogens (primary N) is 1. The maximum absolute atomic E-state index is 14.0. The quantitative estimate of drug-likeness (QED) is 0.392. The van der Waals surface area contributed by atoms with Crippen LogP contribution in [0.25, 0.3) is 0 Å². The summed E-state index contributed by atoms with van der Waals surface area (Å²) in [6.07, 6.45) is 0.834. The Hall–Kier alpha value is -3.59. The number of carbonyl (C=O) groups is 4. The second-order valence-electron chi connectivity index (χ2n) is 10.8. The number of aryl methyl sites for hydroxylation is 2. The number of ether oxygens (including phenoxy) is 1. The van der Waals surface area contributed by atoms with Crippen LogP contribution in [0.3, 0.4) is 0 Å². The van der Waals surface area contributed by atoms with E-state index in [2.05, 4.69) is 10.6 Å². The largest absolute Gasteiger partial charge is 0.444 e. The summed E-state index contributed by atoms with van der Waals surface area (Å²) in [5.41, 5.74) is 7.49. The number of nitrogens with zero attached hydrogens (tertiary/aromatic N) is 1. The molecule has 2 aromatic rings. The Balaban J connectivity index is 2.03. The maximum Gasteiger partial charge on any atom is 0.408 e. The normalized spacial score (nSPS) is 14.6. The molecule has 210 valence electrons. The number of alkyl carbamates (subject to hydrolysis) is 1. The summed E-state index contributed by atoms with van der Waals surface area (Å²) in [6.45, 7) is 8.90. The first-order valence-electron chi connectivity index (χ1n) is 13.1. The van der Waals surface area contributed by atoms with Gasteiger partial charge >= 0.3 is 6.09 Å². The highest BCUT2D eigenvalue weighted by molar-refractivity contribution is 6.34. The minimum absolute atomic E-state index is 0.262.